The molecule has 0 spiro atoms. The predicted octanol–water partition coefficient (Wildman–Crippen LogP) is 2.20. The van der Waals surface area contributed by atoms with Crippen molar-refractivity contribution in [1.82, 2.24) is 0 Å². The monoisotopic (exact) mass is 89.1 g/mol. The third-order valence-corrected chi connectivity index (χ3v) is 0.0894. The van der Waals surface area contributed by atoms with Crippen molar-refractivity contribution in [3.8, 4) is 0 Å². The van der Waals surface area contributed by atoms with Gasteiger partial charge in [0.1, 0.15) is 0 Å². The molecule has 0 heterocycles. The summed E-state index contributed by atoms with van der Waals surface area (Å²) in [5.41, 5.74) is 7.33. The van der Waals surface area contributed by atoms with Crippen LogP contribution in [0.25, 0.3) is 10.4 Å². The lowest BCUT2D eigenvalue weighted by molar-refractivity contribution is 1.40. The van der Waals surface area contributed by atoms with Gasteiger partial charge in [-0.25, -0.2) is 0 Å². The van der Waals surface area contributed by atoms with Crippen LogP contribution < -0.4 is 0 Å². The zero-order valence-corrected chi connectivity index (χ0v) is 2.34. The van der Waals surface area contributed by atoms with Gasteiger partial charge in [0.25, 0.3) is 0 Å². The third-order valence-electron chi connectivity index (χ3n) is 0.0894. The number of hydrogen-bond donors (Lipinski definition) is 0. The lowest BCUT2D eigenvalue weighted by Gasteiger charge is -1.35. The smallest absolute Gasteiger partial charge is 0.0139 e. The van der Waals surface area contributed by atoms with E-state index < -0.39 is 0 Å². The molecule has 0 aromatic rings. The molecular weight excluding hydrogens is 78.1 g/mol. The van der Waals surface area contributed by atoms with Crippen molar-refractivity contribution >= 4 is 0 Å². The second-order valence-corrected chi connectivity index (χ2v) is 0.289. The molecule has 0 radical (unpaired) electrons. The van der Waals surface area contributed by atoms with E-state index in [1.54, 1.807) is 0 Å². The highest BCUT2D eigenvalue weighted by Gasteiger charge is 1.27. The van der Waals surface area contributed by atoms with E-state index >= 15 is 0 Å². The molecule has 0 atom stereocenters. The van der Waals surface area contributed by atoms with Crippen molar-refractivity contribution in [3.63, 3.8) is 0 Å². The van der Waals surface area contributed by atoms with Crippen molar-refractivity contribution in [2.75, 3.05) is 7.05 Å². The number of rotatable bonds is 0. The van der Waals surface area contributed by atoms with E-state index in [-0.39, 0.29) is 14.9 Å². The average molecular weight is 89.1 g/mol. The molecule has 0 aliphatic carbocycles. The molecule has 0 saturated heterocycles. The normalized spacial score (nSPS) is 2.83. The molecular formula is C3H11N3. The predicted molar refractivity (Wildman–Crippen MR) is 28.5 cm³/mol. The minimum absolute atomic E-state index is 0. The van der Waals surface area contributed by atoms with Crippen molar-refractivity contribution in [3.05, 3.63) is 10.4 Å². The van der Waals surface area contributed by atoms with Crippen LogP contribution >= 0.6 is 0 Å². The quantitative estimate of drug-likeness (QED) is 0.248. The van der Waals surface area contributed by atoms with Crippen LogP contribution in [0, 0.1) is 0 Å². The maximum Gasteiger partial charge on any atom is 0.0139 e. The topological polar surface area (TPSA) is 48.8 Å². The lowest BCUT2D eigenvalue weighted by Crippen LogP contribution is -1.22. The molecule has 0 N–H and O–H groups in total. The summed E-state index contributed by atoms with van der Waals surface area (Å²) >= 11 is 0. The maximum atomic E-state index is 7.33. The van der Waals surface area contributed by atoms with E-state index in [1.165, 1.54) is 7.05 Å². The molecule has 6 heavy (non-hydrogen) atoms. The highest BCUT2D eigenvalue weighted by molar-refractivity contribution is 4.30. The van der Waals surface area contributed by atoms with Gasteiger partial charge in [0.2, 0.25) is 0 Å². The van der Waals surface area contributed by atoms with Gasteiger partial charge in [-0.2, -0.15) is 0 Å². The van der Waals surface area contributed by atoms with Gasteiger partial charge in [-0.05, 0) is 5.53 Å². The summed E-state index contributed by atoms with van der Waals surface area (Å²) in [6.45, 7) is 0. The Morgan fingerprint density at radius 1 is 1.50 bits per heavy atom. The number of azide groups is 1. The average Bonchev–Trinajstić information content (AvgIpc) is 1.37. The van der Waals surface area contributed by atoms with Crippen molar-refractivity contribution in [2.24, 2.45) is 5.11 Å². The van der Waals surface area contributed by atoms with Gasteiger partial charge in [0.05, 0.1) is 0 Å². The lowest BCUT2D eigenvalue weighted by atomic mass is 11.6. The van der Waals surface area contributed by atoms with Gasteiger partial charge in [-0.15, -0.1) is 0 Å². The van der Waals surface area contributed by atoms with Gasteiger partial charge < -0.3 is 0 Å². The Kier molecular flexibility index (Phi) is 84.8. The molecule has 0 aromatic heterocycles. The van der Waals surface area contributed by atoms with E-state index in [0.29, 0.717) is 0 Å². The van der Waals surface area contributed by atoms with Gasteiger partial charge in [-0.1, -0.05) is 20.0 Å². The van der Waals surface area contributed by atoms with Crippen LogP contribution in [-0.2, 0) is 0 Å². The van der Waals surface area contributed by atoms with E-state index in [1.807, 2.05) is 0 Å². The van der Waals surface area contributed by atoms with Crippen LogP contribution in [0.3, 0.4) is 0 Å². The molecule has 0 saturated carbocycles. The van der Waals surface area contributed by atoms with Crippen LogP contribution in [0.2, 0.25) is 0 Å². The highest BCUT2D eigenvalue weighted by atomic mass is 15.1. The molecule has 38 valence electrons. The Morgan fingerprint density at radius 3 is 1.67 bits per heavy atom. The van der Waals surface area contributed by atoms with Crippen molar-refractivity contribution in [2.45, 2.75) is 14.9 Å². The molecule has 0 amide bonds. The second-order valence-electron chi connectivity index (χ2n) is 0.289. The zero-order chi connectivity index (χ0) is 3.41. The fourth-order valence-electron chi connectivity index (χ4n) is 0. The van der Waals surface area contributed by atoms with Crippen molar-refractivity contribution in [1.29, 1.82) is 0 Å². The molecule has 0 fully saturated rings. The number of hydrogen-bond acceptors (Lipinski definition) is 1. The first-order chi connectivity index (χ1) is 1.91. The van der Waals surface area contributed by atoms with E-state index in [4.69, 9.17) is 5.53 Å². The second kappa shape index (κ2) is 27.5. The van der Waals surface area contributed by atoms with Crippen LogP contribution in [0.1, 0.15) is 14.9 Å². The Morgan fingerprint density at radius 2 is 1.67 bits per heavy atom. The van der Waals surface area contributed by atoms with E-state index in [9.17, 15) is 0 Å². The van der Waals surface area contributed by atoms with Crippen molar-refractivity contribution < 1.29 is 0 Å². The summed E-state index contributed by atoms with van der Waals surface area (Å²) in [5, 5.41) is 2.92. The standard InChI is InChI=1S/CH3N3.2CH4/c1-3-4-2;;/h1H3;2*1H4. The van der Waals surface area contributed by atoms with Crippen LogP contribution in [0.4, 0.5) is 0 Å². The summed E-state index contributed by atoms with van der Waals surface area (Å²) in [6, 6.07) is 0. The summed E-state index contributed by atoms with van der Waals surface area (Å²) < 4.78 is 0. The van der Waals surface area contributed by atoms with Crippen LogP contribution in [0.5, 0.6) is 0 Å². The molecule has 0 aliphatic rings. The maximum absolute atomic E-state index is 7.33. The van der Waals surface area contributed by atoms with E-state index in [2.05, 4.69) is 10.0 Å². The summed E-state index contributed by atoms with van der Waals surface area (Å²) in [7, 11) is 1.39. The SMILES string of the molecule is C.C.CN=[N+]=[N-]. The summed E-state index contributed by atoms with van der Waals surface area (Å²) in [5.74, 6) is 0. The highest BCUT2D eigenvalue weighted by Crippen LogP contribution is 1.46. The van der Waals surface area contributed by atoms with Crippen LogP contribution in [-0.4, -0.2) is 7.05 Å². The van der Waals surface area contributed by atoms with Crippen LogP contribution in [0.15, 0.2) is 5.11 Å². The molecule has 0 aromatic carbocycles. The van der Waals surface area contributed by atoms with Gasteiger partial charge >= 0.3 is 0 Å². The first-order valence-electron chi connectivity index (χ1n) is 0.847. The third kappa shape index (κ3) is 184. The largest absolute Gasteiger partial charge is 0.0973 e. The van der Waals surface area contributed by atoms with Gasteiger partial charge in [-0.3, -0.25) is 0 Å². The molecule has 3 nitrogen and oxygen atoms in total. The molecule has 0 bridgehead atoms. The fourth-order valence-corrected chi connectivity index (χ4v) is 0. The Labute approximate surface area is 38.6 Å². The van der Waals surface area contributed by atoms with Gasteiger partial charge in [0.15, 0.2) is 0 Å². The minimum Gasteiger partial charge on any atom is -0.0973 e. The molecule has 0 unspecified atom stereocenters. The number of nitrogens with zero attached hydrogens (tertiary/aromatic N) is 3. The first kappa shape index (κ1) is 18.5. The Balaban J connectivity index is -0.0000000450. The molecule has 0 rings (SSSR count). The Hall–Kier alpha value is -0.690. The minimum atomic E-state index is 0. The summed E-state index contributed by atoms with van der Waals surface area (Å²) in [6.07, 6.45) is 0. The Bertz CT molecular complexity index is 44.0. The summed E-state index contributed by atoms with van der Waals surface area (Å²) in [4.78, 5) is 2.36. The molecule has 0 aliphatic heterocycles. The first-order valence-corrected chi connectivity index (χ1v) is 0.847. The van der Waals surface area contributed by atoms with E-state index in [0.717, 1.165) is 0 Å². The van der Waals surface area contributed by atoms with Gasteiger partial charge in [0, 0.05) is 12.0 Å². The fraction of sp³-hybridized carbons (Fsp3) is 1.00. The zero-order valence-electron chi connectivity index (χ0n) is 2.34. The molecule has 3 heteroatoms.